The van der Waals surface area contributed by atoms with Gasteiger partial charge in [-0.25, -0.2) is 8.78 Å². The maximum atomic E-state index is 12.2. The van der Waals surface area contributed by atoms with Crippen LogP contribution in [0.5, 0.6) is 0 Å². The van der Waals surface area contributed by atoms with Crippen molar-refractivity contribution in [1.29, 1.82) is 0 Å². The summed E-state index contributed by atoms with van der Waals surface area (Å²) in [4.78, 5) is 2.34. The molecule has 1 aliphatic rings. The van der Waals surface area contributed by atoms with Crippen LogP contribution in [0.3, 0.4) is 0 Å². The molecule has 0 aromatic heterocycles. The van der Waals surface area contributed by atoms with Gasteiger partial charge in [0.05, 0.1) is 6.54 Å². The highest BCUT2D eigenvalue weighted by molar-refractivity contribution is 4.83. The van der Waals surface area contributed by atoms with Crippen LogP contribution in [-0.2, 0) is 0 Å². The van der Waals surface area contributed by atoms with Crippen molar-refractivity contribution in [2.24, 2.45) is 5.92 Å². The molecule has 0 amide bonds. The quantitative estimate of drug-likeness (QED) is 0.700. The molecule has 0 saturated carbocycles. The van der Waals surface area contributed by atoms with E-state index in [4.69, 9.17) is 5.11 Å². The zero-order valence-corrected chi connectivity index (χ0v) is 11.2. The number of alkyl halides is 2. The minimum Gasteiger partial charge on any atom is -0.396 e. The van der Waals surface area contributed by atoms with Crippen molar-refractivity contribution in [2.45, 2.75) is 45.1 Å². The van der Waals surface area contributed by atoms with E-state index in [1.54, 1.807) is 0 Å². The van der Waals surface area contributed by atoms with E-state index in [1.165, 1.54) is 0 Å². The fourth-order valence-corrected chi connectivity index (χ4v) is 2.66. The number of nitrogens with zero attached hydrogens (tertiary/aromatic N) is 1. The van der Waals surface area contributed by atoms with Crippen molar-refractivity contribution in [1.82, 2.24) is 10.2 Å². The maximum absolute atomic E-state index is 12.2. The second-order valence-electron chi connectivity index (χ2n) is 5.22. The average Bonchev–Trinajstić information content (AvgIpc) is 2.34. The summed E-state index contributed by atoms with van der Waals surface area (Å²) in [7, 11) is 0. The van der Waals surface area contributed by atoms with Gasteiger partial charge in [0, 0.05) is 25.7 Å². The van der Waals surface area contributed by atoms with E-state index in [-0.39, 0.29) is 19.2 Å². The lowest BCUT2D eigenvalue weighted by atomic mass is 9.91. The third-order valence-electron chi connectivity index (χ3n) is 3.54. The summed E-state index contributed by atoms with van der Waals surface area (Å²) < 4.78 is 24.4. The predicted octanol–water partition coefficient (Wildman–Crippen LogP) is 1.71. The van der Waals surface area contributed by atoms with Crippen molar-refractivity contribution >= 4 is 0 Å². The van der Waals surface area contributed by atoms with Crippen LogP contribution in [0.15, 0.2) is 0 Å². The van der Waals surface area contributed by atoms with Gasteiger partial charge in [0.25, 0.3) is 6.43 Å². The topological polar surface area (TPSA) is 35.5 Å². The van der Waals surface area contributed by atoms with Crippen LogP contribution >= 0.6 is 0 Å². The Hall–Kier alpha value is -0.260. The number of halogens is 2. The molecule has 0 bridgehead atoms. The smallest absolute Gasteiger partial charge is 0.250 e. The highest BCUT2D eigenvalue weighted by atomic mass is 19.3. The molecule has 1 heterocycles. The van der Waals surface area contributed by atoms with E-state index < -0.39 is 6.43 Å². The summed E-state index contributed by atoms with van der Waals surface area (Å²) in [5.41, 5.74) is 0. The molecule has 0 aromatic rings. The van der Waals surface area contributed by atoms with Gasteiger partial charge >= 0.3 is 0 Å². The van der Waals surface area contributed by atoms with Crippen molar-refractivity contribution in [3.8, 4) is 0 Å². The van der Waals surface area contributed by atoms with Crippen LogP contribution in [0.25, 0.3) is 0 Å². The molecule has 5 heteroatoms. The second-order valence-corrected chi connectivity index (χ2v) is 5.22. The summed E-state index contributed by atoms with van der Waals surface area (Å²) in [5, 5.41) is 12.0. The zero-order valence-electron chi connectivity index (χ0n) is 11.2. The molecular weight excluding hydrogens is 238 g/mol. The molecule has 0 aliphatic carbocycles. The van der Waals surface area contributed by atoms with Crippen LogP contribution in [-0.4, -0.2) is 55.3 Å². The van der Waals surface area contributed by atoms with Gasteiger partial charge in [-0.15, -0.1) is 0 Å². The lowest BCUT2D eigenvalue weighted by Crippen LogP contribution is -2.50. The lowest BCUT2D eigenvalue weighted by Gasteiger charge is -2.38. The number of aliphatic hydroxyl groups excluding tert-OH is 1. The highest BCUT2D eigenvalue weighted by Crippen LogP contribution is 2.20. The molecule has 1 saturated heterocycles. The zero-order chi connectivity index (χ0) is 13.4. The highest BCUT2D eigenvalue weighted by Gasteiger charge is 2.26. The molecule has 2 N–H and O–H groups in total. The van der Waals surface area contributed by atoms with Crippen LogP contribution in [0.4, 0.5) is 8.78 Å². The van der Waals surface area contributed by atoms with Gasteiger partial charge in [0.2, 0.25) is 0 Å². The van der Waals surface area contributed by atoms with Gasteiger partial charge in [0.15, 0.2) is 0 Å². The molecule has 108 valence electrons. The Bertz CT molecular complexity index is 217. The van der Waals surface area contributed by atoms with Gasteiger partial charge in [-0.05, 0) is 31.7 Å². The molecule has 3 nitrogen and oxygen atoms in total. The SMILES string of the molecule is CCCCN1CC(CCO)CC(NCC(F)F)C1. The van der Waals surface area contributed by atoms with Crippen LogP contribution in [0.1, 0.15) is 32.6 Å². The molecule has 1 fully saturated rings. The Morgan fingerprint density at radius 1 is 1.39 bits per heavy atom. The summed E-state index contributed by atoms with van der Waals surface area (Å²) in [5.74, 6) is 0.427. The summed E-state index contributed by atoms with van der Waals surface area (Å²) >= 11 is 0. The number of nitrogens with one attached hydrogen (secondary N) is 1. The maximum Gasteiger partial charge on any atom is 0.250 e. The molecular formula is C13H26F2N2O. The van der Waals surface area contributed by atoms with Crippen LogP contribution in [0.2, 0.25) is 0 Å². The molecule has 2 unspecified atom stereocenters. The fraction of sp³-hybridized carbons (Fsp3) is 1.00. The Kier molecular flexibility index (Phi) is 7.70. The monoisotopic (exact) mass is 264 g/mol. The van der Waals surface area contributed by atoms with Crippen LogP contribution in [0, 0.1) is 5.92 Å². The average molecular weight is 264 g/mol. The number of likely N-dealkylation sites (tertiary alicyclic amines) is 1. The second kappa shape index (κ2) is 8.77. The van der Waals surface area contributed by atoms with E-state index >= 15 is 0 Å². The molecule has 2 atom stereocenters. The van der Waals surface area contributed by atoms with Crippen molar-refractivity contribution in [3.63, 3.8) is 0 Å². The van der Waals surface area contributed by atoms with Gasteiger partial charge in [-0.1, -0.05) is 13.3 Å². The standard InChI is InChI=1S/C13H26F2N2O/c1-2-3-5-17-9-11(4-6-18)7-12(10-17)16-8-13(14)15/h11-13,16,18H,2-10H2,1H3. The van der Waals surface area contributed by atoms with Gasteiger partial charge in [-0.2, -0.15) is 0 Å². The molecule has 1 aliphatic heterocycles. The van der Waals surface area contributed by atoms with Crippen molar-refractivity contribution in [3.05, 3.63) is 0 Å². The Morgan fingerprint density at radius 3 is 2.78 bits per heavy atom. The first-order valence-electron chi connectivity index (χ1n) is 7.00. The minimum atomic E-state index is -2.28. The van der Waals surface area contributed by atoms with Gasteiger partial charge < -0.3 is 15.3 Å². The lowest BCUT2D eigenvalue weighted by molar-refractivity contribution is 0.0986. The third-order valence-corrected chi connectivity index (χ3v) is 3.54. The predicted molar refractivity (Wildman–Crippen MR) is 69.0 cm³/mol. The number of rotatable bonds is 8. The van der Waals surface area contributed by atoms with Crippen molar-refractivity contribution < 1.29 is 13.9 Å². The summed E-state index contributed by atoms with van der Waals surface area (Å²) in [6.45, 7) is 5.00. The van der Waals surface area contributed by atoms with E-state index in [0.717, 1.165) is 45.3 Å². The normalized spacial score (nSPS) is 25.8. The molecule has 1 rings (SSSR count). The van der Waals surface area contributed by atoms with Gasteiger partial charge in [-0.3, -0.25) is 0 Å². The van der Waals surface area contributed by atoms with E-state index in [1.807, 2.05) is 0 Å². The fourth-order valence-electron chi connectivity index (χ4n) is 2.66. The van der Waals surface area contributed by atoms with E-state index in [0.29, 0.717) is 5.92 Å². The van der Waals surface area contributed by atoms with Crippen molar-refractivity contribution in [2.75, 3.05) is 32.8 Å². The summed E-state index contributed by atoms with van der Waals surface area (Å²) in [6.07, 6.45) is 1.68. The first kappa shape index (κ1) is 15.8. The van der Waals surface area contributed by atoms with Gasteiger partial charge in [0.1, 0.15) is 0 Å². The minimum absolute atomic E-state index is 0.140. The molecule has 0 radical (unpaired) electrons. The van der Waals surface area contributed by atoms with Crippen LogP contribution < -0.4 is 5.32 Å². The number of hydrogen-bond acceptors (Lipinski definition) is 3. The number of aliphatic hydroxyl groups is 1. The van der Waals surface area contributed by atoms with E-state index in [2.05, 4.69) is 17.1 Å². The Balaban J connectivity index is 2.40. The third kappa shape index (κ3) is 6.07. The molecule has 18 heavy (non-hydrogen) atoms. The molecule has 0 aromatic carbocycles. The number of piperidine rings is 1. The first-order chi connectivity index (χ1) is 8.65. The Labute approximate surface area is 109 Å². The van der Waals surface area contributed by atoms with E-state index in [9.17, 15) is 8.78 Å². The summed E-state index contributed by atoms with van der Waals surface area (Å²) in [6, 6.07) is 0.140. The number of unbranched alkanes of at least 4 members (excludes halogenated alkanes) is 1. The Morgan fingerprint density at radius 2 is 2.17 bits per heavy atom. The number of hydrogen-bond donors (Lipinski definition) is 2. The molecule has 0 spiro atoms. The largest absolute Gasteiger partial charge is 0.396 e. The first-order valence-corrected chi connectivity index (χ1v) is 7.00.